The van der Waals surface area contributed by atoms with Gasteiger partial charge in [0.1, 0.15) is 12.4 Å². The summed E-state index contributed by atoms with van der Waals surface area (Å²) in [6.07, 6.45) is 1.18. The van der Waals surface area contributed by atoms with Gasteiger partial charge in [-0.3, -0.25) is 14.9 Å². The summed E-state index contributed by atoms with van der Waals surface area (Å²) < 4.78 is 10.5. The Kier molecular flexibility index (Phi) is 6.43. The summed E-state index contributed by atoms with van der Waals surface area (Å²) in [5.74, 6) is -1.06. The summed E-state index contributed by atoms with van der Waals surface area (Å²) in [5, 5.41) is 5.13. The Morgan fingerprint density at radius 1 is 1.38 bits per heavy atom. The highest BCUT2D eigenvalue weighted by molar-refractivity contribution is 6.30. The van der Waals surface area contributed by atoms with Crippen LogP contribution in [0.15, 0.2) is 18.2 Å². The van der Waals surface area contributed by atoms with E-state index in [1.807, 2.05) is 6.92 Å². The fourth-order valence-electron chi connectivity index (χ4n) is 2.21. The minimum absolute atomic E-state index is 0.173. The Balaban J connectivity index is 1.79. The number of hydrogen-bond acceptors (Lipinski definition) is 5. The van der Waals surface area contributed by atoms with Crippen molar-refractivity contribution in [3.8, 4) is 5.75 Å². The van der Waals surface area contributed by atoms with Crippen LogP contribution in [0.5, 0.6) is 5.75 Å². The van der Waals surface area contributed by atoms with Crippen LogP contribution in [-0.2, 0) is 20.7 Å². The molecule has 3 amide bonds. The number of urea groups is 1. The second-order valence-electron chi connectivity index (χ2n) is 5.38. The Hall–Kier alpha value is -2.28. The van der Waals surface area contributed by atoms with Crippen LogP contribution in [0.25, 0.3) is 0 Å². The third-order valence-electron chi connectivity index (χ3n) is 3.40. The zero-order valence-corrected chi connectivity index (χ0v) is 14.0. The number of hydrogen-bond donors (Lipinski definition) is 2. The third-order valence-corrected chi connectivity index (χ3v) is 3.63. The first kappa shape index (κ1) is 18.1. The maximum absolute atomic E-state index is 12.0. The molecule has 0 radical (unpaired) electrons. The average Bonchev–Trinajstić information content (AvgIpc) is 2.57. The lowest BCUT2D eigenvalue weighted by atomic mass is 9.97. The van der Waals surface area contributed by atoms with Gasteiger partial charge < -0.3 is 14.8 Å². The number of nitrogens with one attached hydrogen (secondary N) is 2. The van der Waals surface area contributed by atoms with Gasteiger partial charge in [0, 0.05) is 11.6 Å². The van der Waals surface area contributed by atoms with Gasteiger partial charge in [0.2, 0.25) is 0 Å². The lowest BCUT2D eigenvalue weighted by molar-refractivity contribution is -0.153. The molecule has 1 aliphatic rings. The van der Waals surface area contributed by atoms with Gasteiger partial charge in [-0.2, -0.15) is 0 Å². The molecular formula is C16H19ClN2O5. The molecule has 1 heterocycles. The van der Waals surface area contributed by atoms with Crippen molar-refractivity contribution in [2.75, 3.05) is 19.8 Å². The molecule has 24 heavy (non-hydrogen) atoms. The molecule has 0 spiro atoms. The van der Waals surface area contributed by atoms with E-state index < -0.39 is 30.4 Å². The molecule has 1 aromatic rings. The predicted molar refractivity (Wildman–Crippen MR) is 86.9 cm³/mol. The molecular weight excluding hydrogens is 336 g/mol. The molecule has 0 aliphatic carbocycles. The normalized spacial score (nSPS) is 15.7. The molecule has 1 aromatic carbocycles. The summed E-state index contributed by atoms with van der Waals surface area (Å²) in [6.45, 7) is 2.01. The van der Waals surface area contributed by atoms with Crippen molar-refractivity contribution in [2.45, 2.75) is 19.8 Å². The first-order chi connectivity index (χ1) is 11.5. The number of ether oxygens (including phenoxy) is 2. The summed E-state index contributed by atoms with van der Waals surface area (Å²) >= 11 is 5.93. The van der Waals surface area contributed by atoms with Crippen molar-refractivity contribution in [2.24, 2.45) is 5.92 Å². The van der Waals surface area contributed by atoms with Crippen molar-refractivity contribution in [1.29, 1.82) is 0 Å². The summed E-state index contributed by atoms with van der Waals surface area (Å²) in [4.78, 5) is 34.9. The largest absolute Gasteiger partial charge is 0.492 e. The highest BCUT2D eigenvalue weighted by Gasteiger charge is 2.28. The van der Waals surface area contributed by atoms with E-state index >= 15 is 0 Å². The number of benzene rings is 1. The lowest BCUT2D eigenvalue weighted by Crippen LogP contribution is -2.42. The van der Waals surface area contributed by atoms with E-state index in [1.165, 1.54) is 0 Å². The fourth-order valence-corrected chi connectivity index (χ4v) is 2.41. The zero-order chi connectivity index (χ0) is 17.5. The molecule has 7 nitrogen and oxygen atoms in total. The number of rotatable bonds is 5. The predicted octanol–water partition coefficient (Wildman–Crippen LogP) is 1.67. The van der Waals surface area contributed by atoms with E-state index in [9.17, 15) is 14.4 Å². The van der Waals surface area contributed by atoms with Crippen LogP contribution in [0.1, 0.15) is 18.9 Å². The van der Waals surface area contributed by atoms with Gasteiger partial charge in [-0.1, -0.05) is 18.5 Å². The van der Waals surface area contributed by atoms with Gasteiger partial charge in [0.05, 0.1) is 5.92 Å². The first-order valence-electron chi connectivity index (χ1n) is 7.65. The number of carbonyl (C=O) groups is 3. The molecule has 2 N–H and O–H groups in total. The maximum atomic E-state index is 12.0. The topological polar surface area (TPSA) is 93.7 Å². The summed E-state index contributed by atoms with van der Waals surface area (Å²) in [7, 11) is 0. The Bertz CT molecular complexity index is 635. The molecule has 0 saturated heterocycles. The van der Waals surface area contributed by atoms with Crippen LogP contribution >= 0.6 is 11.6 Å². The molecule has 2 rings (SSSR count). The van der Waals surface area contributed by atoms with Crippen LogP contribution in [0.2, 0.25) is 5.02 Å². The molecule has 0 bridgehead atoms. The smallest absolute Gasteiger partial charge is 0.321 e. The molecule has 130 valence electrons. The quantitative estimate of drug-likeness (QED) is 0.784. The fraction of sp³-hybridized carbons (Fsp3) is 0.438. The summed E-state index contributed by atoms with van der Waals surface area (Å²) in [5.41, 5.74) is 0.819. The second-order valence-corrected chi connectivity index (χ2v) is 5.81. The number of imide groups is 1. The SMILES string of the molecule is CCCNC(=O)NC(=O)COC(=O)[C@H]1COc2ccc(Cl)cc2C1. The number of carbonyl (C=O) groups excluding carboxylic acids is 3. The van der Waals surface area contributed by atoms with Crippen molar-refractivity contribution >= 4 is 29.5 Å². The standard InChI is InChI=1S/C16H19ClN2O5/c1-2-5-18-16(22)19-14(20)9-24-15(21)11-6-10-7-12(17)3-4-13(10)23-8-11/h3-4,7,11H,2,5-6,8-9H2,1H3,(H2,18,19,20,22)/t11-/m1/s1. The van der Waals surface area contributed by atoms with Crippen molar-refractivity contribution in [1.82, 2.24) is 10.6 Å². The number of esters is 1. The van der Waals surface area contributed by atoms with E-state index in [0.717, 1.165) is 12.0 Å². The Labute approximate surface area is 144 Å². The van der Waals surface area contributed by atoms with E-state index in [2.05, 4.69) is 10.6 Å². The van der Waals surface area contributed by atoms with Crippen molar-refractivity contribution in [3.05, 3.63) is 28.8 Å². The third kappa shape index (κ3) is 5.13. The molecule has 8 heteroatoms. The molecule has 1 atom stereocenters. The summed E-state index contributed by atoms with van der Waals surface area (Å²) in [6, 6.07) is 4.60. The highest BCUT2D eigenvalue weighted by atomic mass is 35.5. The molecule has 0 aromatic heterocycles. The molecule has 1 aliphatic heterocycles. The first-order valence-corrected chi connectivity index (χ1v) is 8.03. The zero-order valence-electron chi connectivity index (χ0n) is 13.3. The van der Waals surface area contributed by atoms with Gasteiger partial charge in [-0.15, -0.1) is 0 Å². The van der Waals surface area contributed by atoms with Gasteiger partial charge in [0.15, 0.2) is 6.61 Å². The maximum Gasteiger partial charge on any atom is 0.321 e. The number of halogens is 1. The van der Waals surface area contributed by atoms with E-state index in [-0.39, 0.29) is 6.61 Å². The van der Waals surface area contributed by atoms with Crippen molar-refractivity contribution in [3.63, 3.8) is 0 Å². The minimum Gasteiger partial charge on any atom is -0.492 e. The monoisotopic (exact) mass is 354 g/mol. The van der Waals surface area contributed by atoms with Crippen LogP contribution in [0.3, 0.4) is 0 Å². The van der Waals surface area contributed by atoms with E-state index in [4.69, 9.17) is 21.1 Å². The Morgan fingerprint density at radius 3 is 2.92 bits per heavy atom. The number of amides is 3. The van der Waals surface area contributed by atoms with E-state index in [1.54, 1.807) is 18.2 Å². The minimum atomic E-state index is -0.683. The lowest BCUT2D eigenvalue weighted by Gasteiger charge is -2.24. The van der Waals surface area contributed by atoms with Crippen LogP contribution in [-0.4, -0.2) is 37.7 Å². The van der Waals surface area contributed by atoms with E-state index in [0.29, 0.717) is 23.7 Å². The van der Waals surface area contributed by atoms with Crippen LogP contribution in [0, 0.1) is 5.92 Å². The Morgan fingerprint density at radius 2 is 2.17 bits per heavy atom. The van der Waals surface area contributed by atoms with Crippen molar-refractivity contribution < 1.29 is 23.9 Å². The van der Waals surface area contributed by atoms with Gasteiger partial charge in [0.25, 0.3) is 5.91 Å². The van der Waals surface area contributed by atoms with Crippen LogP contribution in [0.4, 0.5) is 4.79 Å². The van der Waals surface area contributed by atoms with Gasteiger partial charge in [-0.05, 0) is 36.6 Å². The molecule has 0 fully saturated rings. The molecule has 0 unspecified atom stereocenters. The van der Waals surface area contributed by atoms with Crippen LogP contribution < -0.4 is 15.4 Å². The van der Waals surface area contributed by atoms with Gasteiger partial charge >= 0.3 is 12.0 Å². The number of fused-ring (bicyclic) bond motifs is 1. The highest BCUT2D eigenvalue weighted by Crippen LogP contribution is 2.30. The molecule has 0 saturated carbocycles. The second kappa shape index (κ2) is 8.54. The van der Waals surface area contributed by atoms with Gasteiger partial charge in [-0.25, -0.2) is 4.79 Å². The average molecular weight is 355 g/mol.